The first-order chi connectivity index (χ1) is 4.86. The Morgan fingerprint density at radius 1 is 1.20 bits per heavy atom. The van der Waals surface area contributed by atoms with E-state index in [0.717, 1.165) is 11.5 Å². The van der Waals surface area contributed by atoms with Crippen LogP contribution >= 0.6 is 10.9 Å². The molecule has 10 heavy (non-hydrogen) atoms. The molecule has 2 nitrogen and oxygen atoms in total. The number of fused-ring (bicyclic) bond motifs is 1. The highest BCUT2D eigenvalue weighted by molar-refractivity contribution is 8.21. The van der Waals surface area contributed by atoms with Crippen LogP contribution in [0.2, 0.25) is 0 Å². The summed E-state index contributed by atoms with van der Waals surface area (Å²) in [6, 6.07) is 0. The van der Waals surface area contributed by atoms with E-state index in [9.17, 15) is 0 Å². The van der Waals surface area contributed by atoms with Crippen LogP contribution in [0.1, 0.15) is 0 Å². The van der Waals surface area contributed by atoms with E-state index in [2.05, 4.69) is 17.1 Å². The summed E-state index contributed by atoms with van der Waals surface area (Å²) in [5.41, 5.74) is 0. The minimum absolute atomic E-state index is 0.0894. The van der Waals surface area contributed by atoms with Crippen LogP contribution in [0.4, 0.5) is 0 Å². The number of thiol groups is 1. The quantitative estimate of drug-likeness (QED) is 0.537. The maximum Gasteiger partial charge on any atom is 0.166 e. The fourth-order valence-corrected chi connectivity index (χ4v) is 2.27. The molecule has 0 radical (unpaired) electrons. The normalized spacial score (nSPS) is 25.9. The van der Waals surface area contributed by atoms with Gasteiger partial charge in [-0.3, -0.25) is 0 Å². The molecule has 1 fully saturated rings. The molecule has 0 aromatic heterocycles. The smallest absolute Gasteiger partial charge is 0.166 e. The molecule has 2 aliphatic rings. The summed E-state index contributed by atoms with van der Waals surface area (Å²) in [5.74, 6) is 1.92. The summed E-state index contributed by atoms with van der Waals surface area (Å²) >= 11 is 0. The van der Waals surface area contributed by atoms with E-state index in [0.29, 0.717) is 13.2 Å². The van der Waals surface area contributed by atoms with E-state index in [1.165, 1.54) is 0 Å². The Morgan fingerprint density at radius 2 is 1.70 bits per heavy atom. The molecule has 0 unspecified atom stereocenters. The monoisotopic (exact) mass is 158 g/mol. The maximum atomic E-state index is 5.36. The number of hydrogen-bond donors (Lipinski definition) is 1. The minimum Gasteiger partial charge on any atom is -0.486 e. The van der Waals surface area contributed by atoms with Gasteiger partial charge < -0.3 is 9.47 Å². The zero-order valence-corrected chi connectivity index (χ0v) is 6.73. The summed E-state index contributed by atoms with van der Waals surface area (Å²) in [6.07, 6.45) is 2.18. The van der Waals surface area contributed by atoms with Crippen molar-refractivity contribution in [3.05, 3.63) is 22.3 Å². The molecule has 0 atom stereocenters. The SMILES string of the molecule is C[SH]1C=C2OCCOC2=C1. The van der Waals surface area contributed by atoms with Gasteiger partial charge in [-0.25, -0.2) is 10.9 Å². The zero-order chi connectivity index (χ0) is 6.97. The molecule has 2 aliphatic heterocycles. The van der Waals surface area contributed by atoms with E-state index in [1.54, 1.807) is 0 Å². The standard InChI is InChI=1S/C7H10O2S/c1-10-4-6-7(5-10)9-3-2-8-6/h4-5,10H,2-3H2,1H3. The van der Waals surface area contributed by atoms with Gasteiger partial charge in [0.15, 0.2) is 11.5 Å². The molecule has 0 N–H and O–H groups in total. The summed E-state index contributed by atoms with van der Waals surface area (Å²) in [6.45, 7) is 1.40. The maximum absolute atomic E-state index is 5.36. The average Bonchev–Trinajstić information content (AvgIpc) is 2.27. The van der Waals surface area contributed by atoms with Crippen molar-refractivity contribution in [2.24, 2.45) is 0 Å². The summed E-state index contributed by atoms with van der Waals surface area (Å²) in [5, 5.41) is 4.29. The van der Waals surface area contributed by atoms with E-state index >= 15 is 0 Å². The van der Waals surface area contributed by atoms with Gasteiger partial charge in [0, 0.05) is 10.8 Å². The molecule has 0 aromatic carbocycles. The minimum atomic E-state index is -0.0894. The van der Waals surface area contributed by atoms with Crippen LogP contribution in [0.25, 0.3) is 0 Å². The Labute approximate surface area is 62.9 Å². The van der Waals surface area contributed by atoms with Crippen LogP contribution in [-0.2, 0) is 9.47 Å². The van der Waals surface area contributed by atoms with Crippen molar-refractivity contribution in [2.75, 3.05) is 19.5 Å². The Hall–Kier alpha value is -0.570. The molecule has 0 amide bonds. The van der Waals surface area contributed by atoms with Crippen molar-refractivity contribution in [3.8, 4) is 0 Å². The second kappa shape index (κ2) is 2.23. The lowest BCUT2D eigenvalue weighted by atomic mass is 10.4. The summed E-state index contributed by atoms with van der Waals surface area (Å²) in [4.78, 5) is 0. The molecule has 1 saturated heterocycles. The van der Waals surface area contributed by atoms with Crippen molar-refractivity contribution >= 4 is 10.9 Å². The molecule has 0 saturated carbocycles. The van der Waals surface area contributed by atoms with Gasteiger partial charge in [-0.15, -0.1) is 0 Å². The van der Waals surface area contributed by atoms with Crippen molar-refractivity contribution in [1.82, 2.24) is 0 Å². The third-order valence-electron chi connectivity index (χ3n) is 1.48. The Morgan fingerprint density at radius 3 is 2.20 bits per heavy atom. The van der Waals surface area contributed by atoms with E-state index in [1.807, 2.05) is 0 Å². The topological polar surface area (TPSA) is 18.5 Å². The van der Waals surface area contributed by atoms with Crippen molar-refractivity contribution in [2.45, 2.75) is 0 Å². The first kappa shape index (κ1) is 6.16. The number of rotatable bonds is 0. The van der Waals surface area contributed by atoms with Crippen LogP contribution < -0.4 is 0 Å². The fourth-order valence-electron chi connectivity index (χ4n) is 1.05. The molecule has 0 aliphatic carbocycles. The van der Waals surface area contributed by atoms with Crippen LogP contribution in [0, 0.1) is 0 Å². The van der Waals surface area contributed by atoms with Crippen molar-refractivity contribution in [3.63, 3.8) is 0 Å². The van der Waals surface area contributed by atoms with Crippen LogP contribution in [-0.4, -0.2) is 19.5 Å². The molecular weight excluding hydrogens is 148 g/mol. The second-order valence-electron chi connectivity index (χ2n) is 2.35. The lowest BCUT2D eigenvalue weighted by Crippen LogP contribution is -2.11. The molecule has 0 spiro atoms. The summed E-state index contributed by atoms with van der Waals surface area (Å²) in [7, 11) is -0.0894. The third-order valence-corrected chi connectivity index (χ3v) is 2.77. The first-order valence-corrected chi connectivity index (χ1v) is 5.20. The van der Waals surface area contributed by atoms with Gasteiger partial charge in [0.1, 0.15) is 13.2 Å². The molecule has 0 bridgehead atoms. The Balaban J connectivity index is 2.24. The van der Waals surface area contributed by atoms with Gasteiger partial charge in [0.25, 0.3) is 0 Å². The van der Waals surface area contributed by atoms with Crippen molar-refractivity contribution in [1.29, 1.82) is 0 Å². The van der Waals surface area contributed by atoms with Gasteiger partial charge >= 0.3 is 0 Å². The number of hydrogen-bond acceptors (Lipinski definition) is 2. The molecule has 3 heteroatoms. The summed E-state index contributed by atoms with van der Waals surface area (Å²) < 4.78 is 10.7. The fraction of sp³-hybridized carbons (Fsp3) is 0.429. The third kappa shape index (κ3) is 0.904. The van der Waals surface area contributed by atoms with Crippen molar-refractivity contribution < 1.29 is 9.47 Å². The highest BCUT2D eigenvalue weighted by atomic mass is 32.2. The van der Waals surface area contributed by atoms with Gasteiger partial charge in [-0.1, -0.05) is 0 Å². The van der Waals surface area contributed by atoms with Gasteiger partial charge in [0.2, 0.25) is 0 Å². The highest BCUT2D eigenvalue weighted by Gasteiger charge is 2.19. The molecule has 56 valence electrons. The zero-order valence-electron chi connectivity index (χ0n) is 5.83. The lowest BCUT2D eigenvalue weighted by molar-refractivity contribution is 0.0614. The average molecular weight is 158 g/mol. The molecule has 2 rings (SSSR count). The highest BCUT2D eigenvalue weighted by Crippen LogP contribution is 2.39. The predicted molar refractivity (Wildman–Crippen MR) is 43.0 cm³/mol. The molecular formula is C7H10O2S. The molecule has 0 aromatic rings. The second-order valence-corrected chi connectivity index (χ2v) is 4.20. The van der Waals surface area contributed by atoms with E-state index < -0.39 is 0 Å². The van der Waals surface area contributed by atoms with Gasteiger partial charge in [0.05, 0.1) is 0 Å². The largest absolute Gasteiger partial charge is 0.486 e. The van der Waals surface area contributed by atoms with E-state index in [4.69, 9.17) is 9.47 Å². The predicted octanol–water partition coefficient (Wildman–Crippen LogP) is 1.36. The Bertz CT molecular complexity index is 186. The lowest BCUT2D eigenvalue weighted by Gasteiger charge is -2.17. The van der Waals surface area contributed by atoms with Crippen LogP contribution in [0.5, 0.6) is 0 Å². The van der Waals surface area contributed by atoms with Gasteiger partial charge in [-0.05, 0) is 6.26 Å². The van der Waals surface area contributed by atoms with Crippen LogP contribution in [0.3, 0.4) is 0 Å². The first-order valence-electron chi connectivity index (χ1n) is 3.28. The van der Waals surface area contributed by atoms with Crippen LogP contribution in [0.15, 0.2) is 22.3 Å². The van der Waals surface area contributed by atoms with Gasteiger partial charge in [-0.2, -0.15) is 0 Å². The van der Waals surface area contributed by atoms with E-state index in [-0.39, 0.29) is 10.9 Å². The Kier molecular flexibility index (Phi) is 1.38. The molecule has 2 heterocycles. The number of ether oxygens (including phenoxy) is 2.